The van der Waals surface area contributed by atoms with E-state index in [-0.39, 0.29) is 17.5 Å². The lowest BCUT2D eigenvalue weighted by Crippen LogP contribution is -2.31. The fourth-order valence-electron chi connectivity index (χ4n) is 2.89. The molecule has 3 N–H and O–H groups in total. The topological polar surface area (TPSA) is 77.8 Å². The molecule has 0 spiro atoms. The largest absolute Gasteiger partial charge is 0.352 e. The lowest BCUT2D eigenvalue weighted by atomic mass is 9.88. The summed E-state index contributed by atoms with van der Waals surface area (Å²) in [6, 6.07) is 5.68. The van der Waals surface area contributed by atoms with Crippen molar-refractivity contribution in [3.8, 4) is 0 Å². The summed E-state index contributed by atoms with van der Waals surface area (Å²) in [7, 11) is 0. The number of hydrogen-bond donors (Lipinski definition) is 3. The molecular weight excluding hydrogens is 254 g/mol. The molecule has 5 nitrogen and oxygen atoms in total. The van der Waals surface area contributed by atoms with Crippen molar-refractivity contribution >= 4 is 16.9 Å². The van der Waals surface area contributed by atoms with Crippen molar-refractivity contribution in [2.75, 3.05) is 0 Å². The number of nitrogens with one attached hydrogen (secondary N) is 3. The summed E-state index contributed by atoms with van der Waals surface area (Å²) in [5, 5.41) is 3.00. The van der Waals surface area contributed by atoms with Crippen LogP contribution in [-0.2, 0) is 11.3 Å². The molecule has 20 heavy (non-hydrogen) atoms. The van der Waals surface area contributed by atoms with Gasteiger partial charge in [-0.3, -0.25) is 4.79 Å². The summed E-state index contributed by atoms with van der Waals surface area (Å²) in [5.74, 6) is 0.340. The van der Waals surface area contributed by atoms with E-state index in [1.807, 2.05) is 18.2 Å². The molecule has 0 bridgehead atoms. The minimum absolute atomic E-state index is 0.160. The summed E-state index contributed by atoms with van der Waals surface area (Å²) in [4.78, 5) is 28.7. The van der Waals surface area contributed by atoms with Crippen LogP contribution in [0.1, 0.15) is 37.7 Å². The quantitative estimate of drug-likeness (QED) is 0.800. The van der Waals surface area contributed by atoms with E-state index in [1.54, 1.807) is 0 Å². The summed E-state index contributed by atoms with van der Waals surface area (Å²) in [6.45, 7) is 0.512. The van der Waals surface area contributed by atoms with Crippen molar-refractivity contribution in [2.24, 2.45) is 5.92 Å². The van der Waals surface area contributed by atoms with Crippen molar-refractivity contribution in [1.82, 2.24) is 15.3 Å². The highest BCUT2D eigenvalue weighted by atomic mass is 16.2. The summed E-state index contributed by atoms with van der Waals surface area (Å²) < 4.78 is 0. The maximum Gasteiger partial charge on any atom is 0.323 e. The Morgan fingerprint density at radius 3 is 2.70 bits per heavy atom. The molecule has 1 saturated carbocycles. The number of hydrogen-bond acceptors (Lipinski definition) is 2. The van der Waals surface area contributed by atoms with Gasteiger partial charge in [-0.1, -0.05) is 25.3 Å². The fraction of sp³-hybridized carbons (Fsp3) is 0.467. The molecule has 2 aromatic rings. The van der Waals surface area contributed by atoms with Crippen LogP contribution in [-0.4, -0.2) is 15.9 Å². The zero-order chi connectivity index (χ0) is 13.9. The van der Waals surface area contributed by atoms with Gasteiger partial charge in [0.15, 0.2) is 0 Å². The Bertz CT molecular complexity index is 665. The molecule has 3 rings (SSSR count). The van der Waals surface area contributed by atoms with E-state index >= 15 is 0 Å². The second kappa shape index (κ2) is 5.53. The zero-order valence-corrected chi connectivity index (χ0v) is 11.4. The maximum absolute atomic E-state index is 12.1. The van der Waals surface area contributed by atoms with Gasteiger partial charge in [-0.25, -0.2) is 4.79 Å². The third kappa shape index (κ3) is 2.76. The van der Waals surface area contributed by atoms with Crippen molar-refractivity contribution in [1.29, 1.82) is 0 Å². The Morgan fingerprint density at radius 2 is 1.90 bits per heavy atom. The molecule has 0 unspecified atom stereocenters. The monoisotopic (exact) mass is 273 g/mol. The Morgan fingerprint density at radius 1 is 1.15 bits per heavy atom. The number of aromatic amines is 2. The molecule has 1 aliphatic carbocycles. The number of carbonyl (C=O) groups is 1. The van der Waals surface area contributed by atoms with Crippen LogP contribution in [0.25, 0.3) is 11.0 Å². The third-order valence-corrected chi connectivity index (χ3v) is 4.02. The van der Waals surface area contributed by atoms with E-state index in [0.717, 1.165) is 42.3 Å². The third-order valence-electron chi connectivity index (χ3n) is 4.02. The predicted molar refractivity (Wildman–Crippen MR) is 77.3 cm³/mol. The highest BCUT2D eigenvalue weighted by molar-refractivity contribution is 5.79. The average Bonchev–Trinajstić information content (AvgIpc) is 2.85. The van der Waals surface area contributed by atoms with Gasteiger partial charge in [-0.05, 0) is 30.5 Å². The molecule has 106 valence electrons. The Hall–Kier alpha value is -2.04. The molecule has 0 atom stereocenters. The highest BCUT2D eigenvalue weighted by Crippen LogP contribution is 2.23. The molecule has 1 aromatic heterocycles. The van der Waals surface area contributed by atoms with Gasteiger partial charge in [0.1, 0.15) is 0 Å². The van der Waals surface area contributed by atoms with Gasteiger partial charge in [0.2, 0.25) is 5.91 Å². The molecule has 1 amide bonds. The molecule has 5 heteroatoms. The number of fused-ring (bicyclic) bond motifs is 1. The van der Waals surface area contributed by atoms with Crippen LogP contribution in [0.4, 0.5) is 0 Å². The first-order valence-electron chi connectivity index (χ1n) is 7.21. The molecule has 1 aromatic carbocycles. The van der Waals surface area contributed by atoms with Crippen LogP contribution in [0.2, 0.25) is 0 Å². The number of H-pyrrole nitrogens is 2. The Labute approximate surface area is 116 Å². The number of benzene rings is 1. The lowest BCUT2D eigenvalue weighted by Gasteiger charge is -2.20. The first kappa shape index (κ1) is 13.0. The molecule has 0 radical (unpaired) electrons. The number of rotatable bonds is 3. The standard InChI is InChI=1S/C15H19N3O2/c19-14(11-4-2-1-3-5-11)16-9-10-6-7-12-13(8-10)18-15(20)17-12/h6-8,11H,1-5,9H2,(H,16,19)(H2,17,18,20). The van der Waals surface area contributed by atoms with Crippen LogP contribution < -0.4 is 11.0 Å². The summed E-state index contributed by atoms with van der Waals surface area (Å²) in [6.07, 6.45) is 5.59. The fourth-order valence-corrected chi connectivity index (χ4v) is 2.89. The van der Waals surface area contributed by atoms with E-state index in [9.17, 15) is 9.59 Å². The van der Waals surface area contributed by atoms with E-state index in [1.165, 1.54) is 6.42 Å². The summed E-state index contributed by atoms with van der Waals surface area (Å²) in [5.41, 5.74) is 2.36. The van der Waals surface area contributed by atoms with E-state index in [2.05, 4.69) is 15.3 Å². The van der Waals surface area contributed by atoms with Gasteiger partial charge in [-0.2, -0.15) is 0 Å². The van der Waals surface area contributed by atoms with Crippen LogP contribution >= 0.6 is 0 Å². The predicted octanol–water partition coefficient (Wildman–Crippen LogP) is 2.05. The number of imidazole rings is 1. The van der Waals surface area contributed by atoms with Crippen LogP contribution in [0.3, 0.4) is 0 Å². The van der Waals surface area contributed by atoms with Crippen LogP contribution in [0, 0.1) is 5.92 Å². The molecule has 0 aliphatic heterocycles. The summed E-state index contributed by atoms with van der Waals surface area (Å²) >= 11 is 0. The molecule has 0 saturated heterocycles. The second-order valence-corrected chi connectivity index (χ2v) is 5.51. The maximum atomic E-state index is 12.1. The Kier molecular flexibility index (Phi) is 3.58. The average molecular weight is 273 g/mol. The van der Waals surface area contributed by atoms with Gasteiger partial charge < -0.3 is 15.3 Å². The number of amides is 1. The van der Waals surface area contributed by atoms with E-state index in [4.69, 9.17) is 0 Å². The van der Waals surface area contributed by atoms with Gasteiger partial charge >= 0.3 is 5.69 Å². The minimum Gasteiger partial charge on any atom is -0.352 e. The van der Waals surface area contributed by atoms with Gasteiger partial charge in [-0.15, -0.1) is 0 Å². The van der Waals surface area contributed by atoms with Crippen LogP contribution in [0.15, 0.2) is 23.0 Å². The number of aromatic nitrogens is 2. The van der Waals surface area contributed by atoms with E-state index in [0.29, 0.717) is 6.54 Å². The second-order valence-electron chi connectivity index (χ2n) is 5.51. The molecular formula is C15H19N3O2. The van der Waals surface area contributed by atoms with Crippen molar-refractivity contribution in [3.63, 3.8) is 0 Å². The minimum atomic E-state index is -0.205. The van der Waals surface area contributed by atoms with Gasteiger partial charge in [0, 0.05) is 12.5 Å². The highest BCUT2D eigenvalue weighted by Gasteiger charge is 2.20. The first-order valence-corrected chi connectivity index (χ1v) is 7.21. The van der Waals surface area contributed by atoms with Crippen molar-refractivity contribution < 1.29 is 4.79 Å². The number of carbonyl (C=O) groups excluding carboxylic acids is 1. The van der Waals surface area contributed by atoms with E-state index < -0.39 is 0 Å². The van der Waals surface area contributed by atoms with Gasteiger partial charge in [0.25, 0.3) is 0 Å². The van der Waals surface area contributed by atoms with Crippen molar-refractivity contribution in [3.05, 3.63) is 34.2 Å². The van der Waals surface area contributed by atoms with Gasteiger partial charge in [0.05, 0.1) is 11.0 Å². The normalized spacial score (nSPS) is 16.4. The zero-order valence-electron chi connectivity index (χ0n) is 11.4. The smallest absolute Gasteiger partial charge is 0.323 e. The lowest BCUT2D eigenvalue weighted by molar-refractivity contribution is -0.126. The molecule has 1 fully saturated rings. The molecule has 1 aliphatic rings. The first-order chi connectivity index (χ1) is 9.72. The Balaban J connectivity index is 1.64. The van der Waals surface area contributed by atoms with Crippen LogP contribution in [0.5, 0.6) is 0 Å². The van der Waals surface area contributed by atoms with Crippen molar-refractivity contribution in [2.45, 2.75) is 38.6 Å². The SMILES string of the molecule is O=C(NCc1ccc2[nH]c(=O)[nH]c2c1)C1CCCCC1. The molecule has 1 heterocycles.